The first-order chi connectivity index (χ1) is 16.3. The molecule has 2 rings (SSSR count). The predicted octanol–water partition coefficient (Wildman–Crippen LogP) is 2.84. The molecular weight excluding hydrogens is 496 g/mol. The molecule has 0 aliphatic rings. The highest BCUT2D eigenvalue weighted by Gasteiger charge is 2.33. The number of amides is 1. The van der Waals surface area contributed by atoms with E-state index in [1.807, 2.05) is 4.72 Å². The molecule has 9 nitrogen and oxygen atoms in total. The third-order valence-corrected chi connectivity index (χ3v) is 4.72. The van der Waals surface area contributed by atoms with Crippen LogP contribution in [0.3, 0.4) is 0 Å². The molecule has 0 aliphatic carbocycles. The van der Waals surface area contributed by atoms with E-state index in [1.165, 1.54) is 19.3 Å². The van der Waals surface area contributed by atoms with E-state index in [0.717, 1.165) is 30.5 Å². The van der Waals surface area contributed by atoms with Gasteiger partial charge in [-0.3, -0.25) is 9.52 Å². The summed E-state index contributed by atoms with van der Waals surface area (Å²) in [6.07, 6.45) is -1.70. The molecule has 1 aromatic heterocycles. The third kappa shape index (κ3) is 8.54. The highest BCUT2D eigenvalue weighted by molar-refractivity contribution is 7.92. The van der Waals surface area contributed by atoms with Gasteiger partial charge in [0.05, 0.1) is 18.4 Å². The summed E-state index contributed by atoms with van der Waals surface area (Å²) in [5.74, 6) is -2.05. The van der Waals surface area contributed by atoms with Gasteiger partial charge in [0.15, 0.2) is 0 Å². The van der Waals surface area contributed by atoms with E-state index in [0.29, 0.717) is 0 Å². The van der Waals surface area contributed by atoms with Gasteiger partial charge < -0.3 is 14.8 Å². The number of benzene rings is 1. The van der Waals surface area contributed by atoms with Gasteiger partial charge in [0.1, 0.15) is 29.9 Å². The normalized spacial score (nSPS) is 11.8. The number of methoxy groups -OCH3 is 1. The average Bonchev–Trinajstić information content (AvgIpc) is 2.76. The van der Waals surface area contributed by atoms with Crippen LogP contribution in [0.5, 0.6) is 5.88 Å². The number of hydrogen-bond acceptors (Lipinski definition) is 7. The molecule has 0 fully saturated rings. The second kappa shape index (κ2) is 11.6. The van der Waals surface area contributed by atoms with Crippen LogP contribution in [0.1, 0.15) is 22.4 Å². The van der Waals surface area contributed by atoms with Gasteiger partial charge in [0.2, 0.25) is 21.8 Å². The topological polar surface area (TPSA) is 130 Å². The van der Waals surface area contributed by atoms with Gasteiger partial charge in [-0.25, -0.2) is 17.8 Å². The fourth-order valence-electron chi connectivity index (χ4n) is 2.63. The molecule has 0 radical (unpaired) electrons. The lowest BCUT2D eigenvalue weighted by atomic mass is 10.1. The van der Waals surface area contributed by atoms with Crippen molar-refractivity contribution in [2.24, 2.45) is 0 Å². The maximum Gasteiger partial charge on any atom is 0.433 e. The molecule has 0 saturated carbocycles. The zero-order chi connectivity index (χ0) is 26.2. The Labute approximate surface area is 198 Å². The number of nitrogens with zero attached hydrogens (tertiary/aromatic N) is 2. The summed E-state index contributed by atoms with van der Waals surface area (Å²) >= 11 is 0. The van der Waals surface area contributed by atoms with E-state index in [4.69, 9.17) is 9.47 Å². The van der Waals surface area contributed by atoms with Crippen LogP contribution < -0.4 is 14.8 Å². The molecule has 0 aliphatic heterocycles. The molecule has 188 valence electrons. The van der Waals surface area contributed by atoms with Crippen LogP contribution in [0.25, 0.3) is 6.08 Å². The van der Waals surface area contributed by atoms with Crippen molar-refractivity contribution in [3.63, 3.8) is 0 Å². The molecule has 2 N–H and O–H groups in total. The first kappa shape index (κ1) is 27.5. The van der Waals surface area contributed by atoms with Crippen LogP contribution in [0.4, 0.5) is 23.2 Å². The monoisotopic (exact) mass is 516 g/mol. The van der Waals surface area contributed by atoms with Gasteiger partial charge in [0, 0.05) is 25.3 Å². The second-order valence-electron chi connectivity index (χ2n) is 6.97. The van der Waals surface area contributed by atoms with Crippen molar-refractivity contribution in [3.8, 4) is 11.9 Å². The molecule has 0 unspecified atom stereocenters. The van der Waals surface area contributed by atoms with Crippen LogP contribution in [0, 0.1) is 17.1 Å². The summed E-state index contributed by atoms with van der Waals surface area (Å²) in [4.78, 5) is 15.6. The van der Waals surface area contributed by atoms with E-state index >= 15 is 0 Å². The Morgan fingerprint density at radius 2 is 1.97 bits per heavy atom. The number of sulfonamides is 1. The molecule has 1 aromatic carbocycles. The first-order valence-corrected chi connectivity index (χ1v) is 11.6. The summed E-state index contributed by atoms with van der Waals surface area (Å²) in [6.45, 7) is -0.202. The number of nitriles is 1. The fraction of sp³-hybridized carbons (Fsp3) is 0.286. The van der Waals surface area contributed by atoms with Gasteiger partial charge in [-0.2, -0.15) is 18.4 Å². The Kier molecular flexibility index (Phi) is 9.15. The van der Waals surface area contributed by atoms with Crippen LogP contribution in [-0.4, -0.2) is 45.9 Å². The smallest absolute Gasteiger partial charge is 0.433 e. The van der Waals surface area contributed by atoms with Gasteiger partial charge in [0.25, 0.3) is 0 Å². The number of anilines is 1. The molecule has 1 heterocycles. The number of carbonyl (C=O) groups is 1. The Hall–Kier alpha value is -3.70. The minimum atomic E-state index is -4.69. The molecule has 14 heteroatoms. The number of halogens is 4. The van der Waals surface area contributed by atoms with Crippen molar-refractivity contribution in [1.29, 1.82) is 5.26 Å². The maximum atomic E-state index is 14.3. The number of aromatic nitrogens is 1. The number of hydrogen-bond donors (Lipinski definition) is 2. The SMILES string of the molecule is COCCOc1nc(C(F)(F)F)ccc1/C=C/C(=O)NCc1cc(F)c(NS(C)(=O)=O)c(C#N)c1. The number of ether oxygens (including phenoxy) is 2. The summed E-state index contributed by atoms with van der Waals surface area (Å²) in [7, 11) is -2.45. The standard InChI is InChI=1S/C21H20F4N4O5S/c1-33-7-8-34-20-14(3-5-17(28-20)21(23,24)25)4-6-18(30)27-12-13-9-15(11-26)19(16(22)10-13)29-35(2,31)32/h3-6,9-10,29H,7-8,12H2,1-2H3,(H,27,30)/b6-4+. The van der Waals surface area contributed by atoms with Crippen molar-refractivity contribution in [1.82, 2.24) is 10.3 Å². The van der Waals surface area contributed by atoms with Crippen molar-refractivity contribution >= 4 is 27.7 Å². The van der Waals surface area contributed by atoms with Gasteiger partial charge in [-0.05, 0) is 35.9 Å². The zero-order valence-corrected chi connectivity index (χ0v) is 19.3. The molecule has 2 aromatic rings. The lowest BCUT2D eigenvalue weighted by Crippen LogP contribution is -2.21. The number of alkyl halides is 3. The quantitative estimate of drug-likeness (QED) is 0.282. The number of rotatable bonds is 10. The van der Waals surface area contributed by atoms with E-state index in [1.54, 1.807) is 6.07 Å². The highest BCUT2D eigenvalue weighted by atomic mass is 32.2. The lowest BCUT2D eigenvalue weighted by Gasteiger charge is -2.12. The average molecular weight is 516 g/mol. The molecular formula is C21H20F4N4O5S. The Morgan fingerprint density at radius 3 is 2.57 bits per heavy atom. The van der Waals surface area contributed by atoms with Crippen molar-refractivity contribution in [2.45, 2.75) is 12.7 Å². The van der Waals surface area contributed by atoms with Gasteiger partial charge in [-0.1, -0.05) is 0 Å². The number of nitrogens with one attached hydrogen (secondary N) is 2. The third-order valence-electron chi connectivity index (χ3n) is 4.15. The fourth-order valence-corrected chi connectivity index (χ4v) is 3.21. The number of carbonyl (C=O) groups excluding carboxylic acids is 1. The van der Waals surface area contributed by atoms with Crippen LogP contribution >= 0.6 is 0 Å². The summed E-state index contributed by atoms with van der Waals surface area (Å²) < 4.78 is 87.8. The van der Waals surface area contributed by atoms with Crippen LogP contribution in [-0.2, 0) is 32.3 Å². The zero-order valence-electron chi connectivity index (χ0n) is 18.4. The molecule has 0 bridgehead atoms. The van der Waals surface area contributed by atoms with E-state index in [2.05, 4.69) is 10.3 Å². The lowest BCUT2D eigenvalue weighted by molar-refractivity contribution is -0.141. The molecule has 0 atom stereocenters. The molecule has 35 heavy (non-hydrogen) atoms. The first-order valence-electron chi connectivity index (χ1n) is 9.70. The Balaban J connectivity index is 2.15. The predicted molar refractivity (Wildman–Crippen MR) is 117 cm³/mol. The summed E-state index contributed by atoms with van der Waals surface area (Å²) in [5.41, 5.74) is -1.71. The van der Waals surface area contributed by atoms with E-state index in [-0.39, 0.29) is 42.3 Å². The summed E-state index contributed by atoms with van der Waals surface area (Å²) in [5, 5.41) is 11.6. The van der Waals surface area contributed by atoms with Crippen LogP contribution in [0.15, 0.2) is 30.3 Å². The number of pyridine rings is 1. The largest absolute Gasteiger partial charge is 0.475 e. The molecule has 0 spiro atoms. The minimum Gasteiger partial charge on any atom is -0.475 e. The van der Waals surface area contributed by atoms with E-state index in [9.17, 15) is 36.0 Å². The van der Waals surface area contributed by atoms with Crippen molar-refractivity contribution in [2.75, 3.05) is 31.3 Å². The Morgan fingerprint density at radius 1 is 1.26 bits per heavy atom. The molecule has 1 amide bonds. The van der Waals surface area contributed by atoms with Crippen molar-refractivity contribution < 1.29 is 40.2 Å². The maximum absolute atomic E-state index is 14.3. The second-order valence-corrected chi connectivity index (χ2v) is 8.72. The summed E-state index contributed by atoms with van der Waals surface area (Å²) in [6, 6.07) is 5.64. The van der Waals surface area contributed by atoms with Gasteiger partial charge >= 0.3 is 6.18 Å². The van der Waals surface area contributed by atoms with Gasteiger partial charge in [-0.15, -0.1) is 0 Å². The minimum absolute atomic E-state index is 0.0746. The van der Waals surface area contributed by atoms with Crippen molar-refractivity contribution in [3.05, 3.63) is 58.5 Å². The van der Waals surface area contributed by atoms with E-state index < -0.39 is 39.3 Å². The molecule has 0 saturated heterocycles. The van der Waals surface area contributed by atoms with Crippen LogP contribution in [0.2, 0.25) is 0 Å². The highest BCUT2D eigenvalue weighted by Crippen LogP contribution is 2.30. The Bertz CT molecular complexity index is 1260.